The number of aryl methyl sites for hydroxylation is 1. The van der Waals surface area contributed by atoms with Crippen LogP contribution >= 0.6 is 0 Å². The van der Waals surface area contributed by atoms with Crippen molar-refractivity contribution in [2.24, 2.45) is 7.05 Å². The second-order valence-corrected chi connectivity index (χ2v) is 6.09. The van der Waals surface area contributed by atoms with Gasteiger partial charge in [0.05, 0.1) is 13.2 Å². The van der Waals surface area contributed by atoms with Gasteiger partial charge in [-0.3, -0.25) is 18.5 Å². The lowest BCUT2D eigenvalue weighted by atomic mass is 10.2. The van der Waals surface area contributed by atoms with E-state index in [1.54, 1.807) is 23.6 Å². The summed E-state index contributed by atoms with van der Waals surface area (Å²) in [7, 11) is 1.53. The first-order chi connectivity index (χ1) is 13.0. The number of hydrogen-bond donors (Lipinski definition) is 1. The number of fused-ring (bicyclic) bond motifs is 1. The van der Waals surface area contributed by atoms with Gasteiger partial charge < -0.3 is 9.84 Å². The molecular weight excluding hydrogens is 355 g/mol. The molecule has 0 saturated carbocycles. The lowest BCUT2D eigenvalue weighted by molar-refractivity contribution is 0.277. The molecule has 0 aliphatic carbocycles. The number of rotatable bonds is 7. The fraction of sp³-hybridized carbons (Fsp3) is 0.389. The minimum absolute atomic E-state index is 0.101. The second kappa shape index (κ2) is 7.75. The third-order valence-corrected chi connectivity index (χ3v) is 4.26. The molecule has 0 aliphatic heterocycles. The summed E-state index contributed by atoms with van der Waals surface area (Å²) in [6, 6.07) is 6.12. The minimum atomic E-state index is -0.504. The molecule has 3 rings (SSSR count). The lowest BCUT2D eigenvalue weighted by Crippen LogP contribution is -2.39. The van der Waals surface area contributed by atoms with Gasteiger partial charge in [-0.15, -0.1) is 0 Å². The molecule has 0 unspecified atom stereocenters. The van der Waals surface area contributed by atoms with E-state index in [1.807, 2.05) is 0 Å². The van der Waals surface area contributed by atoms with Crippen LogP contribution in [0.2, 0.25) is 0 Å². The highest BCUT2D eigenvalue weighted by Crippen LogP contribution is 2.20. The minimum Gasteiger partial charge on any atom is -0.465 e. The van der Waals surface area contributed by atoms with Crippen molar-refractivity contribution in [2.45, 2.75) is 26.4 Å². The maximum Gasteiger partial charge on any atom is 0.332 e. The average Bonchev–Trinajstić information content (AvgIpc) is 3.00. The highest BCUT2D eigenvalue weighted by Gasteiger charge is 2.21. The number of aliphatic hydroxyl groups is 1. The Morgan fingerprint density at radius 1 is 1.19 bits per heavy atom. The van der Waals surface area contributed by atoms with E-state index in [-0.39, 0.29) is 49.1 Å². The summed E-state index contributed by atoms with van der Waals surface area (Å²) < 4.78 is 22.7. The Hall–Kier alpha value is -2.94. The first-order valence-corrected chi connectivity index (χ1v) is 8.66. The molecule has 0 aliphatic rings. The van der Waals surface area contributed by atoms with E-state index >= 15 is 0 Å². The Kier molecular flexibility index (Phi) is 5.41. The van der Waals surface area contributed by atoms with Crippen LogP contribution in [0.5, 0.6) is 6.01 Å². The number of benzene rings is 1. The number of hydrogen-bond acceptors (Lipinski definition) is 5. The molecule has 1 N–H and O–H groups in total. The fourth-order valence-electron chi connectivity index (χ4n) is 2.94. The standard InChI is InChI=1S/C18H21FN4O4/c1-3-27-17-20-15-14(23(17)11-12-5-7-13(19)8-6-12)16(25)22(9-4-10-24)18(26)21(15)2/h5-8,24H,3-4,9-11H2,1-2H3. The van der Waals surface area contributed by atoms with Crippen LogP contribution < -0.4 is 16.0 Å². The van der Waals surface area contributed by atoms with Gasteiger partial charge in [0.2, 0.25) is 0 Å². The van der Waals surface area contributed by atoms with Crippen LogP contribution in [0.3, 0.4) is 0 Å². The fourth-order valence-corrected chi connectivity index (χ4v) is 2.94. The van der Waals surface area contributed by atoms with Crippen LogP contribution in [-0.2, 0) is 20.1 Å². The molecule has 8 nitrogen and oxygen atoms in total. The van der Waals surface area contributed by atoms with Gasteiger partial charge in [0.1, 0.15) is 5.82 Å². The van der Waals surface area contributed by atoms with Gasteiger partial charge in [-0.1, -0.05) is 12.1 Å². The van der Waals surface area contributed by atoms with Gasteiger partial charge >= 0.3 is 5.69 Å². The van der Waals surface area contributed by atoms with Gasteiger partial charge in [-0.25, -0.2) is 9.18 Å². The number of halogens is 1. The molecule has 0 bridgehead atoms. The maximum absolute atomic E-state index is 13.2. The molecule has 2 heterocycles. The summed E-state index contributed by atoms with van der Waals surface area (Å²) in [5, 5.41) is 9.05. The lowest BCUT2D eigenvalue weighted by Gasteiger charge is -2.11. The molecule has 0 saturated heterocycles. The van der Waals surface area contributed by atoms with Crippen molar-refractivity contribution in [3.05, 3.63) is 56.5 Å². The predicted molar refractivity (Wildman–Crippen MR) is 97.6 cm³/mol. The molecule has 0 amide bonds. The molecule has 9 heteroatoms. The summed E-state index contributed by atoms with van der Waals surface area (Å²) in [5.74, 6) is -0.354. The van der Waals surface area contributed by atoms with Crippen molar-refractivity contribution < 1.29 is 14.2 Å². The summed E-state index contributed by atoms with van der Waals surface area (Å²) >= 11 is 0. The Bertz CT molecular complexity index is 1070. The van der Waals surface area contributed by atoms with E-state index < -0.39 is 11.2 Å². The Balaban J connectivity index is 2.24. The van der Waals surface area contributed by atoms with E-state index in [4.69, 9.17) is 9.84 Å². The molecule has 2 aromatic heterocycles. The number of aromatic nitrogens is 4. The molecule has 0 radical (unpaired) electrons. The molecule has 3 aromatic rings. The van der Waals surface area contributed by atoms with Crippen molar-refractivity contribution in [3.8, 4) is 6.01 Å². The molecule has 0 spiro atoms. The molecule has 27 heavy (non-hydrogen) atoms. The van der Waals surface area contributed by atoms with Gasteiger partial charge in [0.25, 0.3) is 11.6 Å². The zero-order valence-corrected chi connectivity index (χ0v) is 15.2. The molecule has 0 fully saturated rings. The summed E-state index contributed by atoms with van der Waals surface area (Å²) in [6.07, 6.45) is 0.283. The van der Waals surface area contributed by atoms with Crippen molar-refractivity contribution in [3.63, 3.8) is 0 Å². The monoisotopic (exact) mass is 376 g/mol. The SMILES string of the molecule is CCOc1nc2c(c(=O)n(CCCO)c(=O)n2C)n1Cc1ccc(F)cc1. The van der Waals surface area contributed by atoms with Crippen LogP contribution in [0.1, 0.15) is 18.9 Å². The van der Waals surface area contributed by atoms with E-state index in [2.05, 4.69) is 4.98 Å². The van der Waals surface area contributed by atoms with Crippen molar-refractivity contribution in [2.75, 3.05) is 13.2 Å². The highest BCUT2D eigenvalue weighted by molar-refractivity contribution is 5.72. The van der Waals surface area contributed by atoms with E-state index in [1.165, 1.54) is 23.7 Å². The third kappa shape index (κ3) is 3.50. The zero-order chi connectivity index (χ0) is 19.6. The Morgan fingerprint density at radius 2 is 1.89 bits per heavy atom. The molecule has 144 valence electrons. The molecule has 1 aromatic carbocycles. The highest BCUT2D eigenvalue weighted by atomic mass is 19.1. The van der Waals surface area contributed by atoms with Crippen LogP contribution in [0.4, 0.5) is 4.39 Å². The van der Waals surface area contributed by atoms with Crippen LogP contribution in [0, 0.1) is 5.82 Å². The largest absolute Gasteiger partial charge is 0.465 e. The van der Waals surface area contributed by atoms with Crippen LogP contribution in [0.15, 0.2) is 33.9 Å². The Labute approximate surface area is 154 Å². The number of imidazole rings is 1. The first kappa shape index (κ1) is 18.8. The van der Waals surface area contributed by atoms with Gasteiger partial charge in [-0.2, -0.15) is 4.98 Å². The quantitative estimate of drug-likeness (QED) is 0.661. The molecule has 0 atom stereocenters. The van der Waals surface area contributed by atoms with Gasteiger partial charge in [0, 0.05) is 20.2 Å². The molecular formula is C18H21FN4O4. The number of ether oxygens (including phenoxy) is 1. The van der Waals surface area contributed by atoms with Crippen LogP contribution in [-0.4, -0.2) is 37.0 Å². The van der Waals surface area contributed by atoms with E-state index in [9.17, 15) is 14.0 Å². The topological polar surface area (TPSA) is 91.3 Å². The van der Waals surface area contributed by atoms with Crippen molar-refractivity contribution >= 4 is 11.2 Å². The first-order valence-electron chi connectivity index (χ1n) is 8.66. The van der Waals surface area contributed by atoms with Gasteiger partial charge in [-0.05, 0) is 31.0 Å². The van der Waals surface area contributed by atoms with E-state index in [0.29, 0.717) is 6.61 Å². The normalized spacial score (nSPS) is 11.3. The number of aliphatic hydroxyl groups excluding tert-OH is 1. The van der Waals surface area contributed by atoms with Gasteiger partial charge in [0.15, 0.2) is 11.2 Å². The predicted octanol–water partition coefficient (Wildman–Crippen LogP) is 0.865. The van der Waals surface area contributed by atoms with Crippen molar-refractivity contribution in [1.29, 1.82) is 0 Å². The van der Waals surface area contributed by atoms with Crippen molar-refractivity contribution in [1.82, 2.24) is 18.7 Å². The summed E-state index contributed by atoms with van der Waals surface area (Å²) in [4.78, 5) is 29.8. The summed E-state index contributed by atoms with van der Waals surface area (Å²) in [5.41, 5.74) is 0.197. The summed E-state index contributed by atoms with van der Waals surface area (Å²) in [6.45, 7) is 2.33. The maximum atomic E-state index is 13.2. The van der Waals surface area contributed by atoms with E-state index in [0.717, 1.165) is 10.1 Å². The zero-order valence-electron chi connectivity index (χ0n) is 15.2. The third-order valence-electron chi connectivity index (χ3n) is 4.26. The van der Waals surface area contributed by atoms with Crippen LogP contribution in [0.25, 0.3) is 11.2 Å². The Morgan fingerprint density at radius 3 is 2.52 bits per heavy atom. The smallest absolute Gasteiger partial charge is 0.332 e. The number of nitrogens with zero attached hydrogens (tertiary/aromatic N) is 4. The second-order valence-electron chi connectivity index (χ2n) is 6.09. The average molecular weight is 376 g/mol.